The normalized spacial score (nSPS) is 11.4. The number of aromatic nitrogens is 2. The fourth-order valence-electron chi connectivity index (χ4n) is 0.584. The van der Waals surface area contributed by atoms with Crippen LogP contribution in [0.3, 0.4) is 0 Å². The average molecular weight is 279 g/mol. The minimum absolute atomic E-state index is 0.224. The van der Waals surface area contributed by atoms with E-state index in [1.807, 2.05) is 0 Å². The smallest absolute Gasteiger partial charge is 0.269 e. The largest absolute Gasteiger partial charge is 0.358 e. The summed E-state index contributed by atoms with van der Waals surface area (Å²) in [6.07, 6.45) is 0. The van der Waals surface area contributed by atoms with E-state index in [9.17, 15) is 8.42 Å². The predicted molar refractivity (Wildman–Crippen MR) is 52.2 cm³/mol. The molecule has 0 spiro atoms. The molecule has 0 aliphatic rings. The number of rotatable bonds is 2. The van der Waals surface area contributed by atoms with Crippen molar-refractivity contribution in [2.75, 3.05) is 4.72 Å². The molecule has 0 saturated carbocycles. The molecule has 6 nitrogen and oxygen atoms in total. The van der Waals surface area contributed by atoms with Gasteiger partial charge in [0.15, 0.2) is 11.0 Å². The quantitative estimate of drug-likeness (QED) is 0.487. The lowest BCUT2D eigenvalue weighted by molar-refractivity contribution is 0.489. The summed E-state index contributed by atoms with van der Waals surface area (Å²) in [7, 11) is -4.48. The molecule has 0 bridgehead atoms. The van der Waals surface area contributed by atoms with Gasteiger partial charge in [0.2, 0.25) is 5.28 Å². The van der Waals surface area contributed by atoms with Gasteiger partial charge in [0.25, 0.3) is 0 Å². The van der Waals surface area contributed by atoms with Crippen molar-refractivity contribution in [3.63, 3.8) is 0 Å². The van der Waals surface area contributed by atoms with Crippen LogP contribution in [0.2, 0.25) is 15.5 Å². The SMILES string of the molecule is O=S(=O)(O)Nc1nc(Cl)nc(Cl)c1Cl. The summed E-state index contributed by atoms with van der Waals surface area (Å²) in [5.41, 5.74) is 0. The maximum Gasteiger partial charge on any atom is 0.358 e. The minimum Gasteiger partial charge on any atom is -0.269 e. The summed E-state index contributed by atoms with van der Waals surface area (Å²) < 4.78 is 30.9. The molecule has 2 N–H and O–H groups in total. The molecule has 1 rings (SSSR count). The monoisotopic (exact) mass is 277 g/mol. The molecule has 0 aliphatic heterocycles. The van der Waals surface area contributed by atoms with E-state index in [1.54, 1.807) is 4.72 Å². The standard InChI is InChI=1S/C4H2Cl3N3O3S/c5-1-2(6)8-4(7)9-3(1)10-14(11,12)13/h(H,8,9,10)(H,11,12,13). The van der Waals surface area contributed by atoms with Gasteiger partial charge in [-0.15, -0.1) is 0 Å². The Kier molecular flexibility index (Phi) is 3.38. The number of nitrogens with one attached hydrogen (secondary N) is 1. The Balaban J connectivity index is 3.22. The predicted octanol–water partition coefficient (Wildman–Crippen LogP) is 1.65. The Hall–Kier alpha value is -0.340. The summed E-state index contributed by atoms with van der Waals surface area (Å²) >= 11 is 16.4. The van der Waals surface area contributed by atoms with Crippen molar-refractivity contribution in [2.45, 2.75) is 0 Å². The van der Waals surface area contributed by atoms with E-state index in [4.69, 9.17) is 39.4 Å². The lowest BCUT2D eigenvalue weighted by Crippen LogP contribution is -2.12. The van der Waals surface area contributed by atoms with Gasteiger partial charge in [-0.1, -0.05) is 23.2 Å². The lowest BCUT2D eigenvalue weighted by atomic mass is 10.6. The Morgan fingerprint density at radius 3 is 2.29 bits per heavy atom. The second-order valence-corrected chi connectivity index (χ2v) is 4.25. The Bertz CT molecular complexity index is 462. The number of halogens is 3. The summed E-state index contributed by atoms with van der Waals surface area (Å²) in [6, 6.07) is 0. The lowest BCUT2D eigenvalue weighted by Gasteiger charge is -2.04. The molecule has 0 aromatic carbocycles. The third kappa shape index (κ3) is 3.10. The van der Waals surface area contributed by atoms with Crippen LogP contribution >= 0.6 is 34.8 Å². The molecule has 14 heavy (non-hydrogen) atoms. The average Bonchev–Trinajstić information content (AvgIpc) is 1.96. The van der Waals surface area contributed by atoms with Gasteiger partial charge in [-0.3, -0.25) is 4.55 Å². The third-order valence-electron chi connectivity index (χ3n) is 1.01. The van der Waals surface area contributed by atoms with Gasteiger partial charge >= 0.3 is 10.3 Å². The summed E-state index contributed by atoms with van der Waals surface area (Å²) in [6.45, 7) is 0. The number of hydrogen-bond acceptors (Lipinski definition) is 4. The van der Waals surface area contributed by atoms with Crippen LogP contribution in [0.15, 0.2) is 0 Å². The van der Waals surface area contributed by atoms with E-state index in [0.717, 1.165) is 0 Å². The van der Waals surface area contributed by atoms with E-state index < -0.39 is 10.3 Å². The van der Waals surface area contributed by atoms with Gasteiger partial charge in [-0.05, 0) is 11.6 Å². The van der Waals surface area contributed by atoms with Crippen LogP contribution in [0.25, 0.3) is 0 Å². The third-order valence-corrected chi connectivity index (χ3v) is 2.36. The van der Waals surface area contributed by atoms with Crippen LogP contribution in [0.1, 0.15) is 0 Å². The van der Waals surface area contributed by atoms with Crippen molar-refractivity contribution in [1.29, 1.82) is 0 Å². The van der Waals surface area contributed by atoms with Crippen LogP contribution in [0.4, 0.5) is 5.82 Å². The fourth-order valence-corrected chi connectivity index (χ4v) is 1.55. The van der Waals surface area contributed by atoms with E-state index in [0.29, 0.717) is 0 Å². The zero-order valence-electron chi connectivity index (χ0n) is 6.20. The zero-order chi connectivity index (χ0) is 10.9. The maximum atomic E-state index is 10.4. The molecule has 0 saturated heterocycles. The molecule has 0 atom stereocenters. The molecule has 0 amide bonds. The first-order valence-corrected chi connectivity index (χ1v) is 5.51. The molecule has 1 aromatic rings. The molecule has 0 aliphatic carbocycles. The first-order valence-electron chi connectivity index (χ1n) is 2.93. The number of hydrogen-bond donors (Lipinski definition) is 2. The first kappa shape index (κ1) is 11.7. The maximum absolute atomic E-state index is 10.4. The van der Waals surface area contributed by atoms with Crippen molar-refractivity contribution in [1.82, 2.24) is 9.97 Å². The van der Waals surface area contributed by atoms with E-state index in [-0.39, 0.29) is 21.3 Å². The summed E-state index contributed by atoms with van der Waals surface area (Å²) in [4.78, 5) is 6.84. The molecule has 0 radical (unpaired) electrons. The fraction of sp³-hybridized carbons (Fsp3) is 0. The number of anilines is 1. The highest BCUT2D eigenvalue weighted by atomic mass is 35.5. The van der Waals surface area contributed by atoms with Crippen molar-refractivity contribution < 1.29 is 13.0 Å². The highest BCUT2D eigenvalue weighted by Gasteiger charge is 2.14. The van der Waals surface area contributed by atoms with Crippen LogP contribution < -0.4 is 4.72 Å². The first-order chi connectivity index (χ1) is 6.29. The van der Waals surface area contributed by atoms with Crippen molar-refractivity contribution >= 4 is 50.9 Å². The Morgan fingerprint density at radius 1 is 1.21 bits per heavy atom. The van der Waals surface area contributed by atoms with Crippen molar-refractivity contribution in [2.24, 2.45) is 0 Å². The highest BCUT2D eigenvalue weighted by Crippen LogP contribution is 2.28. The van der Waals surface area contributed by atoms with Gasteiger partial charge in [-0.2, -0.15) is 13.4 Å². The van der Waals surface area contributed by atoms with E-state index >= 15 is 0 Å². The second kappa shape index (κ2) is 4.03. The summed E-state index contributed by atoms with van der Waals surface area (Å²) in [5, 5.41) is -0.781. The van der Waals surface area contributed by atoms with Crippen LogP contribution in [-0.4, -0.2) is 22.9 Å². The topological polar surface area (TPSA) is 92.2 Å². The minimum atomic E-state index is -4.48. The van der Waals surface area contributed by atoms with Crippen LogP contribution in [0.5, 0.6) is 0 Å². The van der Waals surface area contributed by atoms with Gasteiger partial charge in [0, 0.05) is 0 Å². The van der Waals surface area contributed by atoms with Gasteiger partial charge in [0.1, 0.15) is 5.02 Å². The molecule has 1 heterocycles. The molecule has 10 heteroatoms. The van der Waals surface area contributed by atoms with E-state index in [1.165, 1.54) is 0 Å². The molecular weight excluding hydrogens is 276 g/mol. The van der Waals surface area contributed by atoms with Gasteiger partial charge in [0.05, 0.1) is 0 Å². The Labute approximate surface area is 94.1 Å². The van der Waals surface area contributed by atoms with Crippen LogP contribution in [0, 0.1) is 0 Å². The molecule has 78 valence electrons. The molecular formula is C4H2Cl3N3O3S. The molecule has 0 unspecified atom stereocenters. The van der Waals surface area contributed by atoms with Crippen molar-refractivity contribution in [3.8, 4) is 0 Å². The highest BCUT2D eigenvalue weighted by molar-refractivity contribution is 7.87. The molecule has 0 fully saturated rings. The van der Waals surface area contributed by atoms with Gasteiger partial charge < -0.3 is 0 Å². The van der Waals surface area contributed by atoms with Crippen LogP contribution in [-0.2, 0) is 10.3 Å². The second-order valence-electron chi connectivity index (χ2n) is 2.02. The summed E-state index contributed by atoms with van der Waals surface area (Å²) in [5.74, 6) is -0.390. The molecule has 1 aromatic heterocycles. The van der Waals surface area contributed by atoms with E-state index in [2.05, 4.69) is 9.97 Å². The number of nitrogens with zero attached hydrogens (tertiary/aromatic N) is 2. The van der Waals surface area contributed by atoms with Gasteiger partial charge in [-0.25, -0.2) is 9.71 Å². The zero-order valence-corrected chi connectivity index (χ0v) is 9.28. The Morgan fingerprint density at radius 2 is 1.79 bits per heavy atom. The van der Waals surface area contributed by atoms with Crippen molar-refractivity contribution in [3.05, 3.63) is 15.5 Å².